The Balaban J connectivity index is 1.77. The summed E-state index contributed by atoms with van der Waals surface area (Å²) >= 11 is 1.18. The van der Waals surface area contributed by atoms with Crippen LogP contribution < -0.4 is 5.32 Å². The molecule has 3 rings (SSSR count). The highest BCUT2D eigenvalue weighted by molar-refractivity contribution is 7.99. The monoisotopic (exact) mass is 386 g/mol. The van der Waals surface area contributed by atoms with Crippen molar-refractivity contribution in [1.82, 2.24) is 20.1 Å². The first-order chi connectivity index (χ1) is 13.2. The quantitative estimate of drug-likeness (QED) is 0.623. The predicted molar refractivity (Wildman–Crippen MR) is 99.2 cm³/mol. The molecule has 0 aliphatic carbocycles. The molecule has 0 radical (unpaired) electrons. The van der Waals surface area contributed by atoms with E-state index in [9.17, 15) is 9.59 Å². The molecule has 0 fully saturated rings. The van der Waals surface area contributed by atoms with E-state index in [1.54, 1.807) is 13.2 Å². The summed E-state index contributed by atoms with van der Waals surface area (Å²) in [5.41, 5.74) is 0.902. The van der Waals surface area contributed by atoms with Crippen molar-refractivity contribution in [3.63, 3.8) is 0 Å². The van der Waals surface area contributed by atoms with Gasteiger partial charge in [-0.1, -0.05) is 42.1 Å². The van der Waals surface area contributed by atoms with Gasteiger partial charge in [0, 0.05) is 5.56 Å². The van der Waals surface area contributed by atoms with Gasteiger partial charge in [0.25, 0.3) is 0 Å². The molecule has 2 amide bonds. The van der Waals surface area contributed by atoms with E-state index < -0.39 is 12.0 Å². The van der Waals surface area contributed by atoms with Crippen LogP contribution in [0.5, 0.6) is 0 Å². The number of amides is 2. The third kappa shape index (κ3) is 4.98. The molecule has 1 N–H and O–H groups in total. The van der Waals surface area contributed by atoms with Crippen LogP contribution in [-0.2, 0) is 16.1 Å². The minimum absolute atomic E-state index is 0.00386. The highest BCUT2D eigenvalue weighted by Gasteiger charge is 2.17. The number of thioether (sulfide) groups is 1. The van der Waals surface area contributed by atoms with Gasteiger partial charge in [0.05, 0.1) is 25.2 Å². The molecule has 9 heteroatoms. The average Bonchev–Trinajstić information content (AvgIpc) is 3.31. The normalized spacial score (nSPS) is 10.6. The lowest BCUT2D eigenvalue weighted by Gasteiger charge is -2.09. The molecule has 140 valence electrons. The second kappa shape index (κ2) is 9.04. The largest absolute Gasteiger partial charge is 0.467 e. The summed E-state index contributed by atoms with van der Waals surface area (Å²) in [5.74, 6) is 0.946. The van der Waals surface area contributed by atoms with Gasteiger partial charge in [0.15, 0.2) is 11.0 Å². The Morgan fingerprint density at radius 2 is 2.00 bits per heavy atom. The molecule has 0 saturated heterocycles. The Morgan fingerprint density at radius 3 is 2.70 bits per heavy atom. The van der Waals surface area contributed by atoms with Crippen molar-refractivity contribution >= 4 is 23.8 Å². The first kappa shape index (κ1) is 18.7. The first-order valence-corrected chi connectivity index (χ1v) is 9.26. The third-order valence-corrected chi connectivity index (χ3v) is 4.46. The van der Waals surface area contributed by atoms with Gasteiger partial charge in [-0.25, -0.2) is 4.79 Å². The van der Waals surface area contributed by atoms with Gasteiger partial charge in [0.1, 0.15) is 5.76 Å². The number of carbonyl (C=O) groups excluding carboxylic acids is 2. The maximum Gasteiger partial charge on any atom is 0.413 e. The summed E-state index contributed by atoms with van der Waals surface area (Å²) in [6.07, 6.45) is 0.840. The highest BCUT2D eigenvalue weighted by atomic mass is 32.2. The molecule has 2 aromatic heterocycles. The zero-order valence-corrected chi connectivity index (χ0v) is 15.4. The van der Waals surface area contributed by atoms with E-state index in [4.69, 9.17) is 9.15 Å². The Labute approximate surface area is 159 Å². The van der Waals surface area contributed by atoms with Crippen LogP contribution in [0.1, 0.15) is 12.7 Å². The molecule has 0 unspecified atom stereocenters. The fraction of sp³-hybridized carbons (Fsp3) is 0.222. The van der Waals surface area contributed by atoms with Crippen LogP contribution >= 0.6 is 11.8 Å². The summed E-state index contributed by atoms with van der Waals surface area (Å²) in [7, 11) is 0. The number of alkyl carbamates (subject to hydrolysis) is 1. The van der Waals surface area contributed by atoms with Crippen LogP contribution in [0.15, 0.2) is 58.3 Å². The molecule has 0 spiro atoms. The molecule has 0 aliphatic rings. The summed E-state index contributed by atoms with van der Waals surface area (Å²) in [4.78, 5) is 23.2. The minimum atomic E-state index is -0.759. The van der Waals surface area contributed by atoms with E-state index in [1.165, 1.54) is 11.8 Å². The van der Waals surface area contributed by atoms with Crippen molar-refractivity contribution in [3.05, 3.63) is 54.5 Å². The van der Waals surface area contributed by atoms with Crippen LogP contribution in [0.4, 0.5) is 4.79 Å². The average molecular weight is 386 g/mol. The second-order valence-electron chi connectivity index (χ2n) is 5.40. The first-order valence-electron chi connectivity index (χ1n) is 8.27. The zero-order valence-electron chi connectivity index (χ0n) is 14.6. The standard InChI is InChI=1S/C18H18N4O4S/c1-2-25-18(24)19-15(23)12-27-17-21-20-16(13-7-4-3-5-8-13)22(17)11-14-9-6-10-26-14/h3-10H,2,11-12H2,1H3,(H,19,23,24). The summed E-state index contributed by atoms with van der Waals surface area (Å²) in [6, 6.07) is 13.3. The number of hydrogen-bond acceptors (Lipinski definition) is 7. The number of imide groups is 1. The maximum atomic E-state index is 11.9. The van der Waals surface area contributed by atoms with E-state index in [0.29, 0.717) is 17.5 Å². The topological polar surface area (TPSA) is 99.2 Å². The maximum absolute atomic E-state index is 11.9. The molecule has 3 aromatic rings. The van der Waals surface area contributed by atoms with Gasteiger partial charge in [-0.2, -0.15) is 0 Å². The lowest BCUT2D eigenvalue weighted by molar-refractivity contribution is -0.117. The lowest BCUT2D eigenvalue weighted by Crippen LogP contribution is -2.32. The van der Waals surface area contributed by atoms with Crippen molar-refractivity contribution in [1.29, 1.82) is 0 Å². The SMILES string of the molecule is CCOC(=O)NC(=O)CSc1nnc(-c2ccccc2)n1Cc1ccco1. The van der Waals surface area contributed by atoms with Crippen LogP contribution in [0.25, 0.3) is 11.4 Å². The number of benzene rings is 1. The number of hydrogen-bond donors (Lipinski definition) is 1. The number of nitrogens with zero attached hydrogens (tertiary/aromatic N) is 3. The summed E-state index contributed by atoms with van der Waals surface area (Å²) in [6.45, 7) is 2.29. The van der Waals surface area contributed by atoms with Crippen LogP contribution in [0.3, 0.4) is 0 Å². The Morgan fingerprint density at radius 1 is 1.19 bits per heavy atom. The molecule has 0 bridgehead atoms. The molecule has 2 heterocycles. The van der Waals surface area contributed by atoms with Crippen LogP contribution in [0, 0.1) is 0 Å². The van der Waals surface area contributed by atoms with E-state index >= 15 is 0 Å². The number of nitrogens with one attached hydrogen (secondary N) is 1. The van der Waals surface area contributed by atoms with Crippen LogP contribution in [-0.4, -0.2) is 39.1 Å². The molecular formula is C18H18N4O4S. The summed E-state index contributed by atoms with van der Waals surface area (Å²) in [5, 5.41) is 11.2. The fourth-order valence-electron chi connectivity index (χ4n) is 2.34. The number of furan rings is 1. The van der Waals surface area contributed by atoms with Gasteiger partial charge in [0.2, 0.25) is 5.91 Å². The van der Waals surface area contributed by atoms with E-state index in [1.807, 2.05) is 47.0 Å². The van der Waals surface area contributed by atoms with Crippen molar-refractivity contribution in [2.45, 2.75) is 18.6 Å². The Hall–Kier alpha value is -3.07. The minimum Gasteiger partial charge on any atom is -0.467 e. The van der Waals surface area contributed by atoms with Crippen LogP contribution in [0.2, 0.25) is 0 Å². The molecule has 27 heavy (non-hydrogen) atoms. The van der Waals surface area contributed by atoms with Crippen molar-refractivity contribution in [2.24, 2.45) is 0 Å². The molecular weight excluding hydrogens is 368 g/mol. The number of carbonyl (C=O) groups is 2. The number of aromatic nitrogens is 3. The zero-order chi connectivity index (χ0) is 19.1. The number of ether oxygens (including phenoxy) is 1. The van der Waals surface area contributed by atoms with Gasteiger partial charge in [-0.05, 0) is 19.1 Å². The molecule has 8 nitrogen and oxygen atoms in total. The number of rotatable bonds is 7. The third-order valence-electron chi connectivity index (χ3n) is 3.49. The fourth-order valence-corrected chi connectivity index (χ4v) is 3.08. The van der Waals surface area contributed by atoms with Gasteiger partial charge in [-0.15, -0.1) is 10.2 Å². The van der Waals surface area contributed by atoms with Gasteiger partial charge < -0.3 is 9.15 Å². The molecule has 0 saturated carbocycles. The molecule has 1 aromatic carbocycles. The van der Waals surface area contributed by atoms with Gasteiger partial charge in [-0.3, -0.25) is 14.7 Å². The van der Waals surface area contributed by atoms with E-state index in [0.717, 1.165) is 11.3 Å². The highest BCUT2D eigenvalue weighted by Crippen LogP contribution is 2.25. The summed E-state index contributed by atoms with van der Waals surface area (Å²) < 4.78 is 12.0. The predicted octanol–water partition coefficient (Wildman–Crippen LogP) is 2.95. The second-order valence-corrected chi connectivity index (χ2v) is 6.34. The van der Waals surface area contributed by atoms with E-state index in [-0.39, 0.29) is 12.4 Å². The smallest absolute Gasteiger partial charge is 0.413 e. The van der Waals surface area contributed by atoms with Crippen molar-refractivity contribution in [3.8, 4) is 11.4 Å². The van der Waals surface area contributed by atoms with Crippen molar-refractivity contribution in [2.75, 3.05) is 12.4 Å². The molecule has 0 atom stereocenters. The Bertz CT molecular complexity index is 893. The Kier molecular flexibility index (Phi) is 6.26. The lowest BCUT2D eigenvalue weighted by atomic mass is 10.2. The van der Waals surface area contributed by atoms with Gasteiger partial charge >= 0.3 is 6.09 Å². The van der Waals surface area contributed by atoms with E-state index in [2.05, 4.69) is 15.5 Å². The van der Waals surface area contributed by atoms with Crippen molar-refractivity contribution < 1.29 is 18.7 Å². The molecule has 0 aliphatic heterocycles.